The average molecular weight is 264 g/mol. The summed E-state index contributed by atoms with van der Waals surface area (Å²) in [6.07, 6.45) is 10.7. The Morgan fingerprint density at radius 1 is 1.32 bits per heavy atom. The highest BCUT2D eigenvalue weighted by Crippen LogP contribution is 2.11. The van der Waals surface area contributed by atoms with Gasteiger partial charge in [-0.3, -0.25) is 0 Å². The van der Waals surface area contributed by atoms with Crippen LogP contribution in [0.3, 0.4) is 0 Å². The smallest absolute Gasteiger partial charge is 0.118 e. The molecule has 1 heterocycles. The molecule has 3 nitrogen and oxygen atoms in total. The molecular weight excluding hydrogens is 236 g/mol. The van der Waals surface area contributed by atoms with Crippen LogP contribution in [-0.2, 0) is 4.74 Å². The zero-order valence-electron chi connectivity index (χ0n) is 12.4. The van der Waals surface area contributed by atoms with E-state index in [4.69, 9.17) is 10.5 Å². The fraction of sp³-hybridized carbons (Fsp3) is 0.625. The van der Waals surface area contributed by atoms with Crippen molar-refractivity contribution in [3.05, 3.63) is 36.1 Å². The van der Waals surface area contributed by atoms with E-state index in [2.05, 4.69) is 24.5 Å². The van der Waals surface area contributed by atoms with Gasteiger partial charge >= 0.3 is 0 Å². The Labute approximate surface area is 117 Å². The van der Waals surface area contributed by atoms with Gasteiger partial charge in [0.25, 0.3) is 0 Å². The van der Waals surface area contributed by atoms with Gasteiger partial charge in [0.2, 0.25) is 0 Å². The molecule has 19 heavy (non-hydrogen) atoms. The molecule has 1 atom stereocenters. The molecule has 108 valence electrons. The Morgan fingerprint density at radius 2 is 2.00 bits per heavy atom. The van der Waals surface area contributed by atoms with E-state index in [0.29, 0.717) is 0 Å². The number of hydrogen-bond donors (Lipinski definition) is 1. The maximum Gasteiger partial charge on any atom is 0.118 e. The molecule has 2 N–H and O–H groups in total. The standard InChI is InChI=1S/C16H28N2O/c1-4-16(19-3)9-8-14(2)12-15(17)13-18-10-6-5-7-11-18/h4,8-9,15H,1,5-7,10-13,17H2,2-3H3/b14-8+,16-9+. The van der Waals surface area contributed by atoms with Gasteiger partial charge in [0.15, 0.2) is 0 Å². The zero-order valence-corrected chi connectivity index (χ0v) is 12.4. The van der Waals surface area contributed by atoms with E-state index in [1.807, 2.05) is 6.08 Å². The van der Waals surface area contributed by atoms with Gasteiger partial charge in [0.05, 0.1) is 7.11 Å². The third kappa shape index (κ3) is 6.60. The Hall–Kier alpha value is -1.06. The predicted octanol–water partition coefficient (Wildman–Crippen LogP) is 2.85. The summed E-state index contributed by atoms with van der Waals surface area (Å²) < 4.78 is 5.14. The SMILES string of the molecule is C=C/C(=C\C=C(/C)CC(N)CN1CCCCC1)OC. The van der Waals surface area contributed by atoms with Crippen LogP contribution in [0.25, 0.3) is 0 Å². The van der Waals surface area contributed by atoms with Crippen molar-refractivity contribution in [2.24, 2.45) is 5.73 Å². The van der Waals surface area contributed by atoms with Gasteiger partial charge in [-0.2, -0.15) is 0 Å². The maximum atomic E-state index is 6.22. The maximum absolute atomic E-state index is 6.22. The number of nitrogens with zero attached hydrogens (tertiary/aromatic N) is 1. The van der Waals surface area contributed by atoms with E-state index in [1.54, 1.807) is 13.2 Å². The normalized spacial score (nSPS) is 20.2. The fourth-order valence-corrected chi connectivity index (χ4v) is 2.46. The highest BCUT2D eigenvalue weighted by atomic mass is 16.5. The predicted molar refractivity (Wildman–Crippen MR) is 81.9 cm³/mol. The first-order chi connectivity index (χ1) is 9.15. The number of likely N-dealkylation sites (tertiary alicyclic amines) is 1. The van der Waals surface area contributed by atoms with E-state index in [9.17, 15) is 0 Å². The lowest BCUT2D eigenvalue weighted by atomic mass is 10.1. The average Bonchev–Trinajstić information content (AvgIpc) is 2.40. The van der Waals surface area contributed by atoms with Crippen LogP contribution in [0.2, 0.25) is 0 Å². The van der Waals surface area contributed by atoms with E-state index < -0.39 is 0 Å². The van der Waals surface area contributed by atoms with E-state index in [-0.39, 0.29) is 6.04 Å². The van der Waals surface area contributed by atoms with Gasteiger partial charge in [-0.25, -0.2) is 0 Å². The molecule has 1 aliphatic rings. The quantitative estimate of drug-likeness (QED) is 0.567. The number of ether oxygens (including phenoxy) is 1. The minimum Gasteiger partial charge on any atom is -0.497 e. The summed E-state index contributed by atoms with van der Waals surface area (Å²) in [4.78, 5) is 2.49. The summed E-state index contributed by atoms with van der Waals surface area (Å²) in [5.74, 6) is 0.781. The van der Waals surface area contributed by atoms with Crippen LogP contribution >= 0.6 is 0 Å². The van der Waals surface area contributed by atoms with E-state index in [0.717, 1.165) is 18.7 Å². The first-order valence-corrected chi connectivity index (χ1v) is 7.17. The number of allylic oxidation sites excluding steroid dienone is 3. The Kier molecular flexibility index (Phi) is 7.53. The summed E-state index contributed by atoms with van der Waals surface area (Å²) >= 11 is 0. The molecule has 0 saturated carbocycles. The lowest BCUT2D eigenvalue weighted by Gasteiger charge is -2.29. The first kappa shape index (κ1) is 16.0. The van der Waals surface area contributed by atoms with Crippen LogP contribution in [0, 0.1) is 0 Å². The molecule has 1 rings (SSSR count). The van der Waals surface area contributed by atoms with Crippen LogP contribution in [0.15, 0.2) is 36.1 Å². The minimum absolute atomic E-state index is 0.220. The number of hydrogen-bond acceptors (Lipinski definition) is 3. The van der Waals surface area contributed by atoms with Gasteiger partial charge in [0, 0.05) is 12.6 Å². The van der Waals surface area contributed by atoms with Crippen molar-refractivity contribution in [1.82, 2.24) is 4.90 Å². The van der Waals surface area contributed by atoms with Crippen LogP contribution in [-0.4, -0.2) is 37.7 Å². The van der Waals surface area contributed by atoms with Crippen LogP contribution < -0.4 is 5.73 Å². The van der Waals surface area contributed by atoms with Crippen molar-refractivity contribution in [3.63, 3.8) is 0 Å². The molecule has 0 bridgehead atoms. The fourth-order valence-electron chi connectivity index (χ4n) is 2.46. The van der Waals surface area contributed by atoms with Crippen molar-refractivity contribution >= 4 is 0 Å². The summed E-state index contributed by atoms with van der Waals surface area (Å²) in [6, 6.07) is 0.220. The molecule has 0 spiro atoms. The van der Waals surface area contributed by atoms with Crippen LogP contribution in [0.1, 0.15) is 32.6 Å². The lowest BCUT2D eigenvalue weighted by molar-refractivity contribution is 0.215. The van der Waals surface area contributed by atoms with Crippen molar-refractivity contribution in [2.75, 3.05) is 26.7 Å². The van der Waals surface area contributed by atoms with Crippen molar-refractivity contribution < 1.29 is 4.74 Å². The highest BCUT2D eigenvalue weighted by molar-refractivity contribution is 5.19. The molecule has 1 saturated heterocycles. The molecule has 0 aromatic rings. The summed E-state index contributed by atoms with van der Waals surface area (Å²) in [5, 5.41) is 0. The first-order valence-electron chi connectivity index (χ1n) is 7.17. The number of methoxy groups -OCH3 is 1. The Balaban J connectivity index is 2.37. The van der Waals surface area contributed by atoms with Gasteiger partial charge < -0.3 is 15.4 Å². The number of piperidine rings is 1. The lowest BCUT2D eigenvalue weighted by Crippen LogP contribution is -2.40. The van der Waals surface area contributed by atoms with Crippen LogP contribution in [0.4, 0.5) is 0 Å². The second-order valence-electron chi connectivity index (χ2n) is 5.32. The van der Waals surface area contributed by atoms with Gasteiger partial charge in [-0.05, 0) is 51.4 Å². The Bertz CT molecular complexity index is 328. The van der Waals surface area contributed by atoms with Gasteiger partial charge in [0.1, 0.15) is 5.76 Å². The summed E-state index contributed by atoms with van der Waals surface area (Å²) in [6.45, 7) is 9.23. The molecule has 3 heteroatoms. The molecule has 1 fully saturated rings. The molecule has 1 unspecified atom stereocenters. The second kappa shape index (κ2) is 8.94. The third-order valence-corrected chi connectivity index (χ3v) is 3.49. The largest absolute Gasteiger partial charge is 0.497 e. The van der Waals surface area contributed by atoms with Crippen molar-refractivity contribution in [2.45, 2.75) is 38.6 Å². The van der Waals surface area contributed by atoms with E-state index in [1.165, 1.54) is 37.9 Å². The van der Waals surface area contributed by atoms with Gasteiger partial charge in [-0.1, -0.05) is 24.6 Å². The molecular formula is C16H28N2O. The zero-order chi connectivity index (χ0) is 14.1. The molecule has 1 aliphatic heterocycles. The number of rotatable bonds is 7. The molecule has 0 aromatic heterocycles. The monoisotopic (exact) mass is 264 g/mol. The summed E-state index contributed by atoms with van der Waals surface area (Å²) in [5.41, 5.74) is 7.50. The topological polar surface area (TPSA) is 38.5 Å². The van der Waals surface area contributed by atoms with Crippen molar-refractivity contribution in [1.29, 1.82) is 0 Å². The minimum atomic E-state index is 0.220. The molecule has 0 radical (unpaired) electrons. The summed E-state index contributed by atoms with van der Waals surface area (Å²) in [7, 11) is 1.65. The molecule has 0 amide bonds. The van der Waals surface area contributed by atoms with Crippen LogP contribution in [0.5, 0.6) is 0 Å². The second-order valence-corrected chi connectivity index (χ2v) is 5.32. The van der Waals surface area contributed by atoms with Crippen molar-refractivity contribution in [3.8, 4) is 0 Å². The van der Waals surface area contributed by atoms with Gasteiger partial charge in [-0.15, -0.1) is 0 Å². The number of nitrogens with two attached hydrogens (primary N) is 1. The van der Waals surface area contributed by atoms with E-state index >= 15 is 0 Å². The highest BCUT2D eigenvalue weighted by Gasteiger charge is 2.13. The molecule has 0 aliphatic carbocycles. The third-order valence-electron chi connectivity index (χ3n) is 3.49. The Morgan fingerprint density at radius 3 is 2.58 bits per heavy atom. The molecule has 0 aromatic carbocycles.